The van der Waals surface area contributed by atoms with Gasteiger partial charge in [0.25, 0.3) is 0 Å². The van der Waals surface area contributed by atoms with Crippen molar-refractivity contribution in [1.29, 1.82) is 0 Å². The van der Waals surface area contributed by atoms with E-state index in [0.29, 0.717) is 5.70 Å². The van der Waals surface area contributed by atoms with E-state index in [4.69, 9.17) is 5.84 Å². The van der Waals surface area contributed by atoms with E-state index < -0.39 is 11.7 Å². The molecule has 0 aromatic heterocycles. The number of amides is 1. The zero-order valence-corrected chi connectivity index (χ0v) is 13.1. The number of carbonyl (C=O) groups excluding carboxylic acids is 2. The van der Waals surface area contributed by atoms with Crippen LogP contribution in [0.15, 0.2) is 42.5 Å². The molecule has 0 bridgehead atoms. The average molecular weight is 309 g/mol. The molecule has 0 saturated heterocycles. The number of rotatable bonds is 2. The molecule has 5 nitrogen and oxygen atoms in total. The molecule has 4 N–H and O–H groups in total. The minimum Gasteiger partial charge on any atom is -0.379 e. The van der Waals surface area contributed by atoms with Crippen molar-refractivity contribution >= 4 is 28.2 Å². The Balaban J connectivity index is 2.18. The lowest BCUT2D eigenvalue weighted by Gasteiger charge is -2.36. The minimum absolute atomic E-state index is 0.220. The van der Waals surface area contributed by atoms with Gasteiger partial charge in [-0.05, 0) is 36.6 Å². The molecule has 0 radical (unpaired) electrons. The summed E-state index contributed by atoms with van der Waals surface area (Å²) < 4.78 is 0. The fourth-order valence-electron chi connectivity index (χ4n) is 3.08. The summed E-state index contributed by atoms with van der Waals surface area (Å²) in [6, 6.07) is 12.2. The van der Waals surface area contributed by atoms with Gasteiger partial charge in [0.15, 0.2) is 0 Å². The smallest absolute Gasteiger partial charge is 0.305 e. The fraction of sp³-hybridized carbons (Fsp3) is 0.222. The first-order valence-electron chi connectivity index (χ1n) is 7.47. The van der Waals surface area contributed by atoms with Crippen molar-refractivity contribution in [3.8, 4) is 0 Å². The molecule has 1 heterocycles. The second kappa shape index (κ2) is 5.52. The molecule has 2 aromatic rings. The van der Waals surface area contributed by atoms with Gasteiger partial charge in [0, 0.05) is 22.9 Å². The number of hydrazine groups is 1. The highest BCUT2D eigenvalue weighted by atomic mass is 16.2. The number of nitrogens with two attached hydrogens (primary N) is 1. The normalized spacial score (nSPS) is 17.4. The highest BCUT2D eigenvalue weighted by Crippen LogP contribution is 2.34. The van der Waals surface area contributed by atoms with E-state index in [-0.39, 0.29) is 5.54 Å². The summed E-state index contributed by atoms with van der Waals surface area (Å²) in [5.74, 6) is 3.53. The largest absolute Gasteiger partial charge is 0.379 e. The Bertz CT molecular complexity index is 837. The van der Waals surface area contributed by atoms with Gasteiger partial charge in [0.2, 0.25) is 5.78 Å². The molecule has 1 amide bonds. The van der Waals surface area contributed by atoms with Crippen LogP contribution >= 0.6 is 0 Å². The molecule has 2 aromatic carbocycles. The van der Waals surface area contributed by atoms with Gasteiger partial charge < -0.3 is 5.32 Å². The standard InChI is InChI=1S/C18H19N3O2/c1-18(2)10-14-12-6-4-3-5-11(12)7-8-13(14)15(20-18)9-16(22)17(23)21-19/h3-9,20H,10,19H2,1-2H3,(H,21,23). The molecule has 3 rings (SSSR count). The van der Waals surface area contributed by atoms with Gasteiger partial charge in [-0.15, -0.1) is 0 Å². The molecule has 0 aliphatic carbocycles. The topological polar surface area (TPSA) is 84.2 Å². The quantitative estimate of drug-likeness (QED) is 0.259. The predicted molar refractivity (Wildman–Crippen MR) is 90.2 cm³/mol. The Hall–Kier alpha value is -2.66. The van der Waals surface area contributed by atoms with E-state index in [1.165, 1.54) is 17.0 Å². The van der Waals surface area contributed by atoms with Crippen LogP contribution in [0.25, 0.3) is 16.5 Å². The van der Waals surface area contributed by atoms with Gasteiger partial charge in [0.1, 0.15) is 0 Å². The zero-order chi connectivity index (χ0) is 16.6. The Morgan fingerprint density at radius 1 is 1.22 bits per heavy atom. The molecule has 0 spiro atoms. The summed E-state index contributed by atoms with van der Waals surface area (Å²) in [4.78, 5) is 23.3. The van der Waals surface area contributed by atoms with Gasteiger partial charge in [-0.25, -0.2) is 5.84 Å². The van der Waals surface area contributed by atoms with Crippen molar-refractivity contribution < 1.29 is 9.59 Å². The van der Waals surface area contributed by atoms with E-state index in [1.54, 1.807) is 0 Å². The third-order valence-electron chi connectivity index (χ3n) is 4.05. The number of nitrogens with one attached hydrogen (secondary N) is 2. The molecular formula is C18H19N3O2. The monoisotopic (exact) mass is 309 g/mol. The number of ketones is 1. The Labute approximate surface area is 134 Å². The summed E-state index contributed by atoms with van der Waals surface area (Å²) in [5.41, 5.74) is 4.42. The van der Waals surface area contributed by atoms with Gasteiger partial charge >= 0.3 is 5.91 Å². The predicted octanol–water partition coefficient (Wildman–Crippen LogP) is 1.66. The Morgan fingerprint density at radius 3 is 2.70 bits per heavy atom. The number of hydrogen-bond acceptors (Lipinski definition) is 4. The van der Waals surface area contributed by atoms with Crippen LogP contribution in [0.1, 0.15) is 25.0 Å². The van der Waals surface area contributed by atoms with Crippen molar-refractivity contribution in [3.05, 3.63) is 53.6 Å². The molecule has 0 atom stereocenters. The molecule has 1 aliphatic heterocycles. The van der Waals surface area contributed by atoms with E-state index in [0.717, 1.165) is 17.4 Å². The molecule has 5 heteroatoms. The van der Waals surface area contributed by atoms with E-state index >= 15 is 0 Å². The van der Waals surface area contributed by atoms with Crippen LogP contribution in [-0.4, -0.2) is 17.2 Å². The van der Waals surface area contributed by atoms with Crippen molar-refractivity contribution in [2.75, 3.05) is 0 Å². The Kier molecular flexibility index (Phi) is 3.66. The third-order valence-corrected chi connectivity index (χ3v) is 4.05. The van der Waals surface area contributed by atoms with Crippen LogP contribution in [0.2, 0.25) is 0 Å². The second-order valence-corrected chi connectivity index (χ2v) is 6.39. The van der Waals surface area contributed by atoms with Crippen molar-refractivity contribution in [1.82, 2.24) is 10.7 Å². The molecule has 1 aliphatic rings. The number of hydrogen-bond donors (Lipinski definition) is 3. The molecule has 0 fully saturated rings. The number of carbonyl (C=O) groups is 2. The molecule has 23 heavy (non-hydrogen) atoms. The van der Waals surface area contributed by atoms with Crippen molar-refractivity contribution in [2.24, 2.45) is 5.84 Å². The van der Waals surface area contributed by atoms with Gasteiger partial charge in [-0.1, -0.05) is 36.4 Å². The minimum atomic E-state index is -0.829. The first-order chi connectivity index (χ1) is 10.9. The fourth-order valence-corrected chi connectivity index (χ4v) is 3.08. The summed E-state index contributed by atoms with van der Waals surface area (Å²) >= 11 is 0. The van der Waals surface area contributed by atoms with Gasteiger partial charge in [-0.2, -0.15) is 0 Å². The number of fused-ring (bicyclic) bond motifs is 3. The zero-order valence-electron chi connectivity index (χ0n) is 13.1. The van der Waals surface area contributed by atoms with Crippen LogP contribution < -0.4 is 16.6 Å². The maximum atomic E-state index is 11.9. The lowest BCUT2D eigenvalue weighted by molar-refractivity contribution is -0.135. The highest BCUT2D eigenvalue weighted by Gasteiger charge is 2.29. The third kappa shape index (κ3) is 2.83. The van der Waals surface area contributed by atoms with E-state index in [1.807, 2.05) is 29.7 Å². The maximum absolute atomic E-state index is 11.9. The summed E-state index contributed by atoms with van der Waals surface area (Å²) in [6.45, 7) is 4.14. The summed E-state index contributed by atoms with van der Waals surface area (Å²) in [7, 11) is 0. The van der Waals surface area contributed by atoms with E-state index in [9.17, 15) is 9.59 Å². The first-order valence-corrected chi connectivity index (χ1v) is 7.47. The van der Waals surface area contributed by atoms with Gasteiger partial charge in [-0.3, -0.25) is 15.0 Å². The van der Waals surface area contributed by atoms with Crippen LogP contribution in [0.3, 0.4) is 0 Å². The SMILES string of the molecule is CC1(C)Cc2c(ccc3ccccc23)C(=CC(=O)C(=O)NN)N1. The van der Waals surface area contributed by atoms with Gasteiger partial charge in [0.05, 0.1) is 0 Å². The summed E-state index contributed by atoms with van der Waals surface area (Å²) in [6.07, 6.45) is 2.15. The second-order valence-electron chi connectivity index (χ2n) is 6.39. The molecule has 118 valence electrons. The average Bonchev–Trinajstić information content (AvgIpc) is 2.52. The maximum Gasteiger partial charge on any atom is 0.305 e. The summed E-state index contributed by atoms with van der Waals surface area (Å²) in [5, 5.41) is 5.67. The van der Waals surface area contributed by atoms with Crippen molar-refractivity contribution in [3.63, 3.8) is 0 Å². The highest BCUT2D eigenvalue weighted by molar-refractivity contribution is 6.41. The molecule has 0 unspecified atom stereocenters. The lowest BCUT2D eigenvalue weighted by Crippen LogP contribution is -2.44. The van der Waals surface area contributed by atoms with Crippen LogP contribution in [0, 0.1) is 0 Å². The number of benzene rings is 2. The van der Waals surface area contributed by atoms with Crippen LogP contribution in [0.4, 0.5) is 0 Å². The Morgan fingerprint density at radius 2 is 1.96 bits per heavy atom. The van der Waals surface area contributed by atoms with Crippen LogP contribution in [0.5, 0.6) is 0 Å². The molecule has 0 saturated carbocycles. The van der Waals surface area contributed by atoms with E-state index in [2.05, 4.69) is 31.3 Å². The lowest BCUT2D eigenvalue weighted by atomic mass is 9.83. The van der Waals surface area contributed by atoms with Crippen LogP contribution in [-0.2, 0) is 16.0 Å². The first kappa shape index (κ1) is 15.2. The van der Waals surface area contributed by atoms with Crippen molar-refractivity contribution in [2.45, 2.75) is 25.8 Å². The molecular weight excluding hydrogens is 290 g/mol.